The van der Waals surface area contributed by atoms with Gasteiger partial charge in [-0.3, -0.25) is 5.32 Å². The number of benzene rings is 2. The van der Waals surface area contributed by atoms with E-state index in [0.717, 1.165) is 17.1 Å². The normalized spacial score (nSPS) is 15.3. The third-order valence-corrected chi connectivity index (χ3v) is 3.28. The smallest absolute Gasteiger partial charge is 0.127 e. The lowest BCUT2D eigenvalue weighted by atomic mass is 10.1. The van der Waals surface area contributed by atoms with Crippen LogP contribution in [-0.2, 0) is 0 Å². The zero-order valence-electron chi connectivity index (χ0n) is 11.1. The Kier molecular flexibility index (Phi) is 3.67. The summed E-state index contributed by atoms with van der Waals surface area (Å²) in [6.45, 7) is 0. The molecule has 2 aromatic rings. The summed E-state index contributed by atoms with van der Waals surface area (Å²) in [7, 11) is 0. The first kappa shape index (κ1) is 12.7. The SMILES string of the molecule is N#CC(NC1CC1)c1cccc(Oc2ccccc2)c1. The second-order valence-electron chi connectivity index (χ2n) is 4.99. The second kappa shape index (κ2) is 5.77. The Morgan fingerprint density at radius 1 is 1.05 bits per heavy atom. The molecule has 1 fully saturated rings. The van der Waals surface area contributed by atoms with Gasteiger partial charge < -0.3 is 4.74 Å². The Bertz CT molecular complexity index is 614. The minimum Gasteiger partial charge on any atom is -0.457 e. The van der Waals surface area contributed by atoms with E-state index in [-0.39, 0.29) is 6.04 Å². The van der Waals surface area contributed by atoms with Crippen molar-refractivity contribution in [2.45, 2.75) is 24.9 Å². The molecule has 1 aliphatic rings. The van der Waals surface area contributed by atoms with E-state index in [0.29, 0.717) is 6.04 Å². The van der Waals surface area contributed by atoms with E-state index in [1.165, 1.54) is 12.8 Å². The van der Waals surface area contributed by atoms with Crippen molar-refractivity contribution in [2.75, 3.05) is 0 Å². The molecule has 1 N–H and O–H groups in total. The molecule has 0 heterocycles. The summed E-state index contributed by atoms with van der Waals surface area (Å²) in [6.07, 6.45) is 2.33. The fourth-order valence-electron chi connectivity index (χ4n) is 2.08. The van der Waals surface area contributed by atoms with Gasteiger partial charge in [0.2, 0.25) is 0 Å². The number of nitriles is 1. The molecule has 2 aromatic carbocycles. The molecular formula is C17H16N2O. The Hall–Kier alpha value is -2.31. The Morgan fingerprint density at radius 2 is 1.80 bits per heavy atom. The Labute approximate surface area is 118 Å². The molecule has 1 atom stereocenters. The van der Waals surface area contributed by atoms with Crippen LogP contribution >= 0.6 is 0 Å². The number of hydrogen-bond acceptors (Lipinski definition) is 3. The predicted molar refractivity (Wildman–Crippen MR) is 77.5 cm³/mol. The maximum atomic E-state index is 9.28. The van der Waals surface area contributed by atoms with E-state index in [4.69, 9.17) is 4.74 Å². The van der Waals surface area contributed by atoms with Crippen LogP contribution in [0.2, 0.25) is 0 Å². The lowest BCUT2D eigenvalue weighted by molar-refractivity contribution is 0.481. The molecule has 1 unspecified atom stereocenters. The molecule has 0 aliphatic heterocycles. The molecule has 3 nitrogen and oxygen atoms in total. The lowest BCUT2D eigenvalue weighted by Gasteiger charge is -2.13. The van der Waals surface area contributed by atoms with Gasteiger partial charge in [0, 0.05) is 6.04 Å². The van der Waals surface area contributed by atoms with Crippen LogP contribution in [-0.4, -0.2) is 6.04 Å². The Balaban J connectivity index is 1.76. The van der Waals surface area contributed by atoms with E-state index in [1.54, 1.807) is 0 Å². The first-order valence-corrected chi connectivity index (χ1v) is 6.84. The standard InChI is InChI=1S/C17H16N2O/c18-12-17(19-14-9-10-14)13-5-4-8-16(11-13)20-15-6-2-1-3-7-15/h1-8,11,14,17,19H,9-10H2. The van der Waals surface area contributed by atoms with E-state index >= 15 is 0 Å². The average Bonchev–Trinajstić information content (AvgIpc) is 3.30. The first-order valence-electron chi connectivity index (χ1n) is 6.84. The zero-order valence-corrected chi connectivity index (χ0v) is 11.1. The number of hydrogen-bond donors (Lipinski definition) is 1. The van der Waals surface area contributed by atoms with Crippen LogP contribution in [0.5, 0.6) is 11.5 Å². The number of nitrogens with zero attached hydrogens (tertiary/aromatic N) is 1. The fraction of sp³-hybridized carbons (Fsp3) is 0.235. The summed E-state index contributed by atoms with van der Waals surface area (Å²) in [5.74, 6) is 1.56. The van der Waals surface area contributed by atoms with Crippen LogP contribution in [0.25, 0.3) is 0 Å². The highest BCUT2D eigenvalue weighted by Crippen LogP contribution is 2.27. The van der Waals surface area contributed by atoms with Crippen LogP contribution in [0.3, 0.4) is 0 Å². The predicted octanol–water partition coefficient (Wildman–Crippen LogP) is 3.80. The van der Waals surface area contributed by atoms with Crippen LogP contribution in [0.4, 0.5) is 0 Å². The quantitative estimate of drug-likeness (QED) is 0.893. The number of para-hydroxylation sites is 1. The molecular weight excluding hydrogens is 248 g/mol. The molecule has 0 aromatic heterocycles. The van der Waals surface area contributed by atoms with Crippen molar-refractivity contribution in [3.63, 3.8) is 0 Å². The molecule has 0 saturated heterocycles. The number of nitrogens with one attached hydrogen (secondary N) is 1. The van der Waals surface area contributed by atoms with Crippen molar-refractivity contribution < 1.29 is 4.74 Å². The van der Waals surface area contributed by atoms with E-state index in [9.17, 15) is 5.26 Å². The molecule has 0 bridgehead atoms. The molecule has 0 radical (unpaired) electrons. The Morgan fingerprint density at radius 3 is 2.50 bits per heavy atom. The van der Waals surface area contributed by atoms with Gasteiger partial charge in [-0.25, -0.2) is 0 Å². The molecule has 1 aliphatic carbocycles. The highest BCUT2D eigenvalue weighted by molar-refractivity contribution is 5.36. The van der Waals surface area contributed by atoms with Crippen molar-refractivity contribution in [3.05, 3.63) is 60.2 Å². The van der Waals surface area contributed by atoms with Crippen molar-refractivity contribution in [1.29, 1.82) is 5.26 Å². The topological polar surface area (TPSA) is 45.0 Å². The summed E-state index contributed by atoms with van der Waals surface area (Å²) in [6, 6.07) is 19.9. The molecule has 0 spiro atoms. The summed E-state index contributed by atoms with van der Waals surface area (Å²) < 4.78 is 5.80. The zero-order chi connectivity index (χ0) is 13.8. The monoisotopic (exact) mass is 264 g/mol. The molecule has 0 amide bonds. The summed E-state index contributed by atoms with van der Waals surface area (Å²) >= 11 is 0. The van der Waals surface area contributed by atoms with E-state index < -0.39 is 0 Å². The van der Waals surface area contributed by atoms with E-state index in [2.05, 4.69) is 11.4 Å². The molecule has 20 heavy (non-hydrogen) atoms. The van der Waals surface area contributed by atoms with Crippen LogP contribution in [0, 0.1) is 11.3 Å². The number of ether oxygens (including phenoxy) is 1. The molecule has 100 valence electrons. The van der Waals surface area contributed by atoms with Crippen LogP contribution in [0.1, 0.15) is 24.4 Å². The van der Waals surface area contributed by atoms with Gasteiger partial charge in [0.05, 0.1) is 6.07 Å². The summed E-state index contributed by atoms with van der Waals surface area (Å²) in [5.41, 5.74) is 0.952. The summed E-state index contributed by atoms with van der Waals surface area (Å²) in [5, 5.41) is 12.6. The van der Waals surface area contributed by atoms with Gasteiger partial charge in [0.25, 0.3) is 0 Å². The third kappa shape index (κ3) is 3.17. The van der Waals surface area contributed by atoms with Crippen molar-refractivity contribution >= 4 is 0 Å². The lowest BCUT2D eigenvalue weighted by Crippen LogP contribution is -2.21. The van der Waals surface area contributed by atoms with Gasteiger partial charge in [0.1, 0.15) is 17.5 Å². The van der Waals surface area contributed by atoms with Gasteiger partial charge in [-0.2, -0.15) is 5.26 Å². The van der Waals surface area contributed by atoms with Crippen molar-refractivity contribution in [3.8, 4) is 17.6 Å². The maximum Gasteiger partial charge on any atom is 0.127 e. The maximum absolute atomic E-state index is 9.28. The average molecular weight is 264 g/mol. The fourth-order valence-corrected chi connectivity index (χ4v) is 2.08. The first-order chi connectivity index (χ1) is 9.85. The molecule has 1 saturated carbocycles. The third-order valence-electron chi connectivity index (χ3n) is 3.28. The minimum absolute atomic E-state index is 0.262. The largest absolute Gasteiger partial charge is 0.457 e. The minimum atomic E-state index is -0.262. The van der Waals surface area contributed by atoms with Crippen molar-refractivity contribution in [1.82, 2.24) is 5.32 Å². The van der Waals surface area contributed by atoms with Crippen molar-refractivity contribution in [2.24, 2.45) is 0 Å². The highest BCUT2D eigenvalue weighted by Gasteiger charge is 2.25. The van der Waals surface area contributed by atoms with Crippen LogP contribution < -0.4 is 10.1 Å². The molecule has 3 rings (SSSR count). The highest BCUT2D eigenvalue weighted by atomic mass is 16.5. The second-order valence-corrected chi connectivity index (χ2v) is 4.99. The van der Waals surface area contributed by atoms with Crippen LogP contribution in [0.15, 0.2) is 54.6 Å². The van der Waals surface area contributed by atoms with Gasteiger partial charge >= 0.3 is 0 Å². The van der Waals surface area contributed by atoms with Gasteiger partial charge in [-0.15, -0.1) is 0 Å². The summed E-state index contributed by atoms with van der Waals surface area (Å²) in [4.78, 5) is 0. The van der Waals surface area contributed by atoms with Gasteiger partial charge in [-0.05, 0) is 42.7 Å². The van der Waals surface area contributed by atoms with Gasteiger partial charge in [-0.1, -0.05) is 30.3 Å². The van der Waals surface area contributed by atoms with E-state index in [1.807, 2.05) is 54.6 Å². The number of rotatable bonds is 5. The molecule has 3 heteroatoms. The van der Waals surface area contributed by atoms with Gasteiger partial charge in [0.15, 0.2) is 0 Å².